The number of aryl methyl sites for hydroxylation is 1. The van der Waals surface area contributed by atoms with Gasteiger partial charge < -0.3 is 4.74 Å². The summed E-state index contributed by atoms with van der Waals surface area (Å²) in [5.74, 6) is 0. The Morgan fingerprint density at radius 1 is 1.44 bits per heavy atom. The van der Waals surface area contributed by atoms with E-state index >= 15 is 0 Å². The molecule has 3 nitrogen and oxygen atoms in total. The Morgan fingerprint density at radius 3 is 3.00 bits per heavy atom. The van der Waals surface area contributed by atoms with E-state index in [1.807, 2.05) is 11.6 Å². The zero-order chi connectivity index (χ0) is 12.7. The van der Waals surface area contributed by atoms with E-state index in [1.54, 1.807) is 0 Å². The summed E-state index contributed by atoms with van der Waals surface area (Å²) in [7, 11) is 0. The van der Waals surface area contributed by atoms with Crippen LogP contribution in [0.3, 0.4) is 0 Å². The predicted octanol–water partition coefficient (Wildman–Crippen LogP) is 4.46. The second kappa shape index (κ2) is 4.83. The van der Waals surface area contributed by atoms with E-state index in [4.69, 9.17) is 16.3 Å². The topological polar surface area (TPSA) is 27.1 Å². The van der Waals surface area contributed by atoms with E-state index in [1.165, 1.54) is 6.42 Å². The van der Waals surface area contributed by atoms with Gasteiger partial charge in [-0.3, -0.25) is 0 Å². The van der Waals surface area contributed by atoms with Gasteiger partial charge in [0, 0.05) is 11.1 Å². The first-order chi connectivity index (χ1) is 8.68. The van der Waals surface area contributed by atoms with Crippen molar-refractivity contribution in [2.75, 3.05) is 6.61 Å². The highest BCUT2D eigenvalue weighted by Crippen LogP contribution is 2.35. The van der Waals surface area contributed by atoms with Crippen molar-refractivity contribution in [3.63, 3.8) is 0 Å². The number of hydrogen-bond acceptors (Lipinski definition) is 2. The van der Waals surface area contributed by atoms with Crippen LogP contribution in [0.15, 0.2) is 16.6 Å². The third-order valence-corrected chi connectivity index (χ3v) is 4.68. The summed E-state index contributed by atoms with van der Waals surface area (Å²) in [6, 6.07) is 4.13. The lowest BCUT2D eigenvalue weighted by Gasteiger charge is -2.23. The van der Waals surface area contributed by atoms with E-state index in [0.717, 1.165) is 40.4 Å². The molecule has 96 valence electrons. The molecule has 1 unspecified atom stereocenters. The number of hydrogen-bond donors (Lipinski definition) is 0. The SMILES string of the molecule is Cc1ccc2c(c(Cl)nn2C2CCCCO2)c1Br. The van der Waals surface area contributed by atoms with Crippen molar-refractivity contribution in [2.24, 2.45) is 0 Å². The number of halogens is 2. The van der Waals surface area contributed by atoms with Crippen LogP contribution >= 0.6 is 27.5 Å². The normalized spacial score (nSPS) is 20.5. The van der Waals surface area contributed by atoms with Crippen molar-refractivity contribution in [3.05, 3.63) is 27.3 Å². The minimum atomic E-state index is 0.0170. The quantitative estimate of drug-likeness (QED) is 0.772. The number of nitrogens with zero attached hydrogens (tertiary/aromatic N) is 2. The molecule has 1 aliphatic rings. The average Bonchev–Trinajstić information content (AvgIpc) is 2.73. The Hall–Kier alpha value is -0.580. The number of fused-ring (bicyclic) bond motifs is 1. The van der Waals surface area contributed by atoms with Crippen molar-refractivity contribution in [2.45, 2.75) is 32.4 Å². The Labute approximate surface area is 119 Å². The molecule has 1 aromatic heterocycles. The Balaban J connectivity index is 2.16. The molecular weight excluding hydrogens is 316 g/mol. The van der Waals surface area contributed by atoms with E-state index in [-0.39, 0.29) is 6.23 Å². The Kier molecular flexibility index (Phi) is 3.34. The van der Waals surface area contributed by atoms with Crippen molar-refractivity contribution in [3.8, 4) is 0 Å². The van der Waals surface area contributed by atoms with Crippen LogP contribution < -0.4 is 0 Å². The van der Waals surface area contributed by atoms with Crippen LogP contribution in [-0.2, 0) is 4.74 Å². The van der Waals surface area contributed by atoms with Gasteiger partial charge >= 0.3 is 0 Å². The summed E-state index contributed by atoms with van der Waals surface area (Å²) in [5.41, 5.74) is 2.19. The van der Waals surface area contributed by atoms with Gasteiger partial charge in [0.05, 0.1) is 10.9 Å². The summed E-state index contributed by atoms with van der Waals surface area (Å²) in [6.45, 7) is 2.85. The molecule has 0 radical (unpaired) electrons. The molecule has 1 aliphatic heterocycles. The lowest BCUT2D eigenvalue weighted by atomic mass is 10.1. The zero-order valence-electron chi connectivity index (χ0n) is 10.1. The number of ether oxygens (including phenoxy) is 1. The van der Waals surface area contributed by atoms with Crippen LogP contribution in [0.4, 0.5) is 0 Å². The molecule has 2 heterocycles. The van der Waals surface area contributed by atoms with Crippen molar-refractivity contribution >= 4 is 38.4 Å². The monoisotopic (exact) mass is 328 g/mol. The molecule has 1 saturated heterocycles. The number of aromatic nitrogens is 2. The van der Waals surface area contributed by atoms with Gasteiger partial charge in [0.15, 0.2) is 11.4 Å². The maximum absolute atomic E-state index is 6.26. The van der Waals surface area contributed by atoms with Gasteiger partial charge in [0.1, 0.15) is 0 Å². The summed E-state index contributed by atoms with van der Waals surface area (Å²) in [5, 5.41) is 5.96. The van der Waals surface area contributed by atoms with Crippen molar-refractivity contribution in [1.82, 2.24) is 9.78 Å². The molecule has 1 fully saturated rings. The van der Waals surface area contributed by atoms with Crippen LogP contribution in [0.25, 0.3) is 10.9 Å². The standard InChI is InChI=1S/C13H14BrClN2O/c1-8-5-6-9-11(12(8)14)13(15)16-17(9)10-4-2-3-7-18-10/h5-6,10H,2-4,7H2,1H3. The van der Waals surface area contributed by atoms with Gasteiger partial charge in [-0.2, -0.15) is 5.10 Å². The molecule has 3 rings (SSSR count). The smallest absolute Gasteiger partial charge is 0.160 e. The van der Waals surface area contributed by atoms with Gasteiger partial charge in [-0.05, 0) is 53.7 Å². The fourth-order valence-electron chi connectivity index (χ4n) is 2.39. The molecule has 0 spiro atoms. The van der Waals surface area contributed by atoms with Crippen LogP contribution in [0.2, 0.25) is 5.15 Å². The largest absolute Gasteiger partial charge is 0.356 e. The number of benzene rings is 1. The molecule has 0 amide bonds. The van der Waals surface area contributed by atoms with E-state index in [9.17, 15) is 0 Å². The van der Waals surface area contributed by atoms with Gasteiger partial charge in [-0.25, -0.2) is 4.68 Å². The molecule has 0 aliphatic carbocycles. The lowest BCUT2D eigenvalue weighted by molar-refractivity contribution is -0.0366. The maximum atomic E-state index is 6.26. The first-order valence-electron chi connectivity index (χ1n) is 6.13. The first-order valence-corrected chi connectivity index (χ1v) is 7.30. The van der Waals surface area contributed by atoms with Crippen LogP contribution in [0.5, 0.6) is 0 Å². The predicted molar refractivity (Wildman–Crippen MR) is 76.0 cm³/mol. The molecule has 18 heavy (non-hydrogen) atoms. The first kappa shape index (κ1) is 12.5. The highest BCUT2D eigenvalue weighted by molar-refractivity contribution is 9.10. The van der Waals surface area contributed by atoms with E-state index < -0.39 is 0 Å². The summed E-state index contributed by atoms with van der Waals surface area (Å²) < 4.78 is 8.72. The number of rotatable bonds is 1. The Bertz CT molecular complexity index is 590. The highest BCUT2D eigenvalue weighted by Gasteiger charge is 2.21. The van der Waals surface area contributed by atoms with Gasteiger partial charge in [0.25, 0.3) is 0 Å². The molecule has 0 saturated carbocycles. The van der Waals surface area contributed by atoms with Crippen LogP contribution in [0, 0.1) is 6.92 Å². The second-order valence-electron chi connectivity index (χ2n) is 4.65. The maximum Gasteiger partial charge on any atom is 0.160 e. The second-order valence-corrected chi connectivity index (χ2v) is 5.80. The Morgan fingerprint density at radius 2 is 2.28 bits per heavy atom. The van der Waals surface area contributed by atoms with E-state index in [0.29, 0.717) is 5.15 Å². The minimum Gasteiger partial charge on any atom is -0.356 e. The van der Waals surface area contributed by atoms with Crippen LogP contribution in [0.1, 0.15) is 31.1 Å². The molecule has 0 bridgehead atoms. The molecule has 0 N–H and O–H groups in total. The third-order valence-electron chi connectivity index (χ3n) is 3.39. The third kappa shape index (κ3) is 1.96. The van der Waals surface area contributed by atoms with Gasteiger partial charge in [-0.15, -0.1) is 0 Å². The molecule has 2 aromatic rings. The zero-order valence-corrected chi connectivity index (χ0v) is 12.5. The van der Waals surface area contributed by atoms with Crippen LogP contribution in [-0.4, -0.2) is 16.4 Å². The minimum absolute atomic E-state index is 0.0170. The highest BCUT2D eigenvalue weighted by atomic mass is 79.9. The summed E-state index contributed by atoms with van der Waals surface area (Å²) in [4.78, 5) is 0. The summed E-state index contributed by atoms with van der Waals surface area (Å²) in [6.07, 6.45) is 3.32. The van der Waals surface area contributed by atoms with Gasteiger partial charge in [-0.1, -0.05) is 17.7 Å². The fourth-order valence-corrected chi connectivity index (χ4v) is 3.30. The molecule has 1 aromatic carbocycles. The van der Waals surface area contributed by atoms with Gasteiger partial charge in [0.2, 0.25) is 0 Å². The summed E-state index contributed by atoms with van der Waals surface area (Å²) >= 11 is 9.85. The lowest BCUT2D eigenvalue weighted by Crippen LogP contribution is -2.19. The molecule has 5 heteroatoms. The molecule has 1 atom stereocenters. The average molecular weight is 330 g/mol. The van der Waals surface area contributed by atoms with Crippen molar-refractivity contribution in [1.29, 1.82) is 0 Å². The van der Waals surface area contributed by atoms with Crippen molar-refractivity contribution < 1.29 is 4.74 Å². The molecular formula is C13H14BrClN2O. The fraction of sp³-hybridized carbons (Fsp3) is 0.462. The van der Waals surface area contributed by atoms with E-state index in [2.05, 4.69) is 33.2 Å².